The fraction of sp³-hybridized carbons (Fsp3) is 0.100. The molecule has 1 aliphatic carbocycles. The molecule has 1 N–H and O–H groups in total. The minimum atomic E-state index is -1.33. The predicted molar refractivity (Wildman–Crippen MR) is 119 cm³/mol. The number of carbonyl (C=O) groups excluding carboxylic acids is 2. The van der Waals surface area contributed by atoms with E-state index in [1.807, 2.05) is 12.1 Å². The highest BCUT2D eigenvalue weighted by Crippen LogP contribution is 2.59. The Bertz CT molecular complexity index is 1220. The second kappa shape index (κ2) is 6.54. The molecule has 0 saturated heterocycles. The number of phenolic OH excluding ortho intramolecular Hbond substituents is 1. The van der Waals surface area contributed by atoms with Crippen molar-refractivity contribution in [3.05, 3.63) is 77.9 Å². The molecule has 0 amide bonds. The fourth-order valence-corrected chi connectivity index (χ4v) is 6.41. The molecule has 2 atom stereocenters. The number of ether oxygens (including phenoxy) is 2. The van der Waals surface area contributed by atoms with E-state index < -0.39 is 16.4 Å². The number of alkyl halides is 1. The molecule has 3 aliphatic rings. The lowest BCUT2D eigenvalue weighted by atomic mass is 9.75. The molecule has 2 aliphatic heterocycles. The van der Waals surface area contributed by atoms with Crippen LogP contribution in [-0.2, 0) is 15.1 Å². The van der Waals surface area contributed by atoms with Crippen molar-refractivity contribution in [2.24, 2.45) is 0 Å². The first-order valence-electron chi connectivity index (χ1n) is 8.29. The minimum Gasteiger partial charge on any atom is -0.505 e. The highest BCUT2D eigenvalue weighted by atomic mass is 79.9. The third-order valence-electron chi connectivity index (χ3n) is 5.12. The van der Waals surface area contributed by atoms with E-state index in [4.69, 9.17) is 9.47 Å². The molecule has 0 fully saturated rings. The smallest absolute Gasteiger partial charge is 0.340 e. The molecule has 0 bridgehead atoms. The number of allylic oxidation sites excluding steroid dienone is 2. The quantitative estimate of drug-likeness (QED) is 0.298. The Hall–Kier alpha value is -1.42. The number of fused-ring (bicyclic) bond motifs is 5. The number of benzene rings is 2. The first-order valence-corrected chi connectivity index (χ1v) is 11.6. The van der Waals surface area contributed by atoms with Crippen molar-refractivity contribution in [1.29, 1.82) is 0 Å². The van der Waals surface area contributed by atoms with Crippen molar-refractivity contribution < 1.29 is 24.2 Å². The summed E-state index contributed by atoms with van der Waals surface area (Å²) in [6.07, 6.45) is 1.63. The second-order valence-corrected chi connectivity index (χ2v) is 10.0. The van der Waals surface area contributed by atoms with Gasteiger partial charge in [0.1, 0.15) is 20.8 Å². The zero-order chi connectivity index (χ0) is 20.7. The molecular weight excluding hydrogens is 640 g/mol. The average Bonchev–Trinajstić information content (AvgIpc) is 3.00. The van der Waals surface area contributed by atoms with E-state index in [2.05, 4.69) is 63.7 Å². The van der Waals surface area contributed by atoms with Crippen LogP contribution in [0.1, 0.15) is 21.5 Å². The van der Waals surface area contributed by atoms with Crippen molar-refractivity contribution in [3.63, 3.8) is 0 Å². The molecule has 0 saturated carbocycles. The number of phenols is 1. The molecule has 146 valence electrons. The van der Waals surface area contributed by atoms with E-state index in [1.54, 1.807) is 24.3 Å². The number of hydrogen-bond donors (Lipinski definition) is 1. The fourth-order valence-electron chi connectivity index (χ4n) is 3.85. The van der Waals surface area contributed by atoms with E-state index >= 15 is 0 Å². The molecule has 2 unspecified atom stereocenters. The number of Topliss-reactive ketones (excluding diaryl/α,β-unsaturated/α-hetero) is 1. The van der Waals surface area contributed by atoms with Crippen LogP contribution < -0.4 is 4.74 Å². The summed E-state index contributed by atoms with van der Waals surface area (Å²) < 4.78 is 13.2. The van der Waals surface area contributed by atoms with E-state index in [9.17, 15) is 14.7 Å². The number of halogens is 4. The Morgan fingerprint density at radius 2 is 1.79 bits per heavy atom. The minimum absolute atomic E-state index is 0.0643. The van der Waals surface area contributed by atoms with Crippen molar-refractivity contribution >= 4 is 75.5 Å². The van der Waals surface area contributed by atoms with Crippen molar-refractivity contribution in [2.75, 3.05) is 0 Å². The maximum absolute atomic E-state index is 12.8. The molecule has 2 heterocycles. The molecule has 9 heteroatoms. The summed E-state index contributed by atoms with van der Waals surface area (Å²) >= 11 is 13.4. The molecule has 0 radical (unpaired) electrons. The number of hydrogen-bond acceptors (Lipinski definition) is 5. The summed E-state index contributed by atoms with van der Waals surface area (Å²) in [4.78, 5) is 24.6. The van der Waals surface area contributed by atoms with Crippen molar-refractivity contribution in [2.45, 2.75) is 10.4 Å². The molecule has 5 rings (SSSR count). The molecule has 5 nitrogen and oxygen atoms in total. The molecule has 1 spiro atoms. The zero-order valence-electron chi connectivity index (χ0n) is 14.1. The summed E-state index contributed by atoms with van der Waals surface area (Å²) in [5.74, 6) is -0.189. The summed E-state index contributed by atoms with van der Waals surface area (Å²) in [7, 11) is 0. The van der Waals surface area contributed by atoms with Crippen LogP contribution in [0.3, 0.4) is 0 Å². The highest BCUT2D eigenvalue weighted by Gasteiger charge is 2.57. The van der Waals surface area contributed by atoms with Gasteiger partial charge in [-0.1, -0.05) is 34.1 Å². The normalized spacial score (nSPS) is 24.6. The van der Waals surface area contributed by atoms with Gasteiger partial charge in [0.15, 0.2) is 17.1 Å². The standard InChI is InChI=1S/C20H8Br4O5/c21-11-5-9-17(13(23)15(11)25)28-18-10(6-12(22)16(26)14(18)24)20(9)8-4-2-1-3-7(8)19(27)29-20/h1-6,13,26H. The van der Waals surface area contributed by atoms with Gasteiger partial charge in [-0.05, 0) is 66.0 Å². The van der Waals surface area contributed by atoms with Gasteiger partial charge in [-0.2, -0.15) is 0 Å². The van der Waals surface area contributed by atoms with Gasteiger partial charge >= 0.3 is 5.97 Å². The molecular formula is C20H8Br4O5. The Balaban J connectivity index is 1.95. The number of rotatable bonds is 0. The van der Waals surface area contributed by atoms with Crippen LogP contribution in [0.25, 0.3) is 0 Å². The van der Waals surface area contributed by atoms with Gasteiger partial charge in [0.2, 0.25) is 0 Å². The molecule has 2 aromatic carbocycles. The predicted octanol–water partition coefficient (Wildman–Crippen LogP) is 5.60. The van der Waals surface area contributed by atoms with Gasteiger partial charge in [0, 0.05) is 11.1 Å². The van der Waals surface area contributed by atoms with Crippen LogP contribution in [0.2, 0.25) is 0 Å². The summed E-state index contributed by atoms with van der Waals surface area (Å²) in [5, 5.41) is 10.4. The van der Waals surface area contributed by atoms with E-state index in [-0.39, 0.29) is 21.8 Å². The van der Waals surface area contributed by atoms with Crippen LogP contribution in [0.4, 0.5) is 0 Å². The van der Waals surface area contributed by atoms with Crippen LogP contribution >= 0.6 is 63.7 Å². The van der Waals surface area contributed by atoms with Gasteiger partial charge in [0.05, 0.1) is 20.1 Å². The maximum atomic E-state index is 12.8. The third-order valence-corrected chi connectivity index (χ3v) is 7.92. The van der Waals surface area contributed by atoms with E-state index in [1.165, 1.54) is 0 Å². The Morgan fingerprint density at radius 3 is 2.55 bits per heavy atom. The lowest BCUT2D eigenvalue weighted by molar-refractivity contribution is -0.114. The third kappa shape index (κ3) is 2.47. The number of ketones is 1. The topological polar surface area (TPSA) is 72.8 Å². The van der Waals surface area contributed by atoms with Crippen LogP contribution in [0.5, 0.6) is 11.5 Å². The SMILES string of the molecule is O=C1OC2(C3=C(Oc4c2cc(Br)c(O)c4Br)C(Br)C(=O)C(Br)=C3)c2ccccc21. The van der Waals surface area contributed by atoms with E-state index in [0.29, 0.717) is 37.0 Å². The van der Waals surface area contributed by atoms with Crippen molar-refractivity contribution in [1.82, 2.24) is 0 Å². The van der Waals surface area contributed by atoms with Gasteiger partial charge < -0.3 is 14.6 Å². The maximum Gasteiger partial charge on any atom is 0.340 e. The van der Waals surface area contributed by atoms with Gasteiger partial charge in [-0.3, -0.25) is 4.79 Å². The summed E-state index contributed by atoms with van der Waals surface area (Å²) in [5.41, 5.74) is 0.788. The number of esters is 1. The lowest BCUT2D eigenvalue weighted by Gasteiger charge is -2.40. The molecule has 2 aromatic rings. The Kier molecular flexibility index (Phi) is 4.40. The number of aromatic hydroxyl groups is 1. The largest absolute Gasteiger partial charge is 0.505 e. The summed E-state index contributed by atoms with van der Waals surface area (Å²) in [6.45, 7) is 0. The first kappa shape index (κ1) is 19.5. The zero-order valence-corrected chi connectivity index (χ0v) is 20.5. The second-order valence-electron chi connectivity index (χ2n) is 6.61. The monoisotopic (exact) mass is 644 g/mol. The van der Waals surface area contributed by atoms with Gasteiger partial charge in [-0.15, -0.1) is 0 Å². The first-order chi connectivity index (χ1) is 13.8. The van der Waals surface area contributed by atoms with Gasteiger partial charge in [-0.25, -0.2) is 4.79 Å². The molecule has 29 heavy (non-hydrogen) atoms. The lowest BCUT2D eigenvalue weighted by Crippen LogP contribution is -2.40. The molecule has 0 aromatic heterocycles. The number of carbonyl (C=O) groups is 2. The van der Waals surface area contributed by atoms with Crippen LogP contribution in [-0.4, -0.2) is 21.7 Å². The highest BCUT2D eigenvalue weighted by molar-refractivity contribution is 9.12. The van der Waals surface area contributed by atoms with Crippen molar-refractivity contribution in [3.8, 4) is 11.5 Å². The Labute approximate surface area is 198 Å². The summed E-state index contributed by atoms with van der Waals surface area (Å²) in [6, 6.07) is 8.76. The Morgan fingerprint density at radius 1 is 1.07 bits per heavy atom. The van der Waals surface area contributed by atoms with Crippen LogP contribution in [0, 0.1) is 0 Å². The van der Waals surface area contributed by atoms with E-state index in [0.717, 1.165) is 0 Å². The average molecular weight is 648 g/mol. The van der Waals surface area contributed by atoms with Crippen LogP contribution in [0.15, 0.2) is 61.2 Å². The van der Waals surface area contributed by atoms with Gasteiger partial charge in [0.25, 0.3) is 0 Å².